The highest BCUT2D eigenvalue weighted by Crippen LogP contribution is 2.28. The van der Waals surface area contributed by atoms with Crippen LogP contribution >= 0.6 is 15.9 Å². The maximum atomic E-state index is 5.60. The van der Waals surface area contributed by atoms with E-state index in [9.17, 15) is 0 Å². The molecule has 3 N–H and O–H groups in total. The molecule has 5 heteroatoms. The van der Waals surface area contributed by atoms with Crippen LogP contribution < -0.4 is 16.0 Å². The zero-order chi connectivity index (χ0) is 11.4. The van der Waals surface area contributed by atoms with E-state index in [4.69, 9.17) is 10.6 Å². The summed E-state index contributed by atoms with van der Waals surface area (Å²) in [7, 11) is 0. The maximum absolute atomic E-state index is 5.60. The number of nitrogens with one attached hydrogen (secondary N) is 1. The van der Waals surface area contributed by atoms with E-state index in [0.29, 0.717) is 17.4 Å². The monoisotopic (exact) mass is 279 g/mol. The van der Waals surface area contributed by atoms with Gasteiger partial charge in [-0.2, -0.15) is 4.98 Å². The van der Waals surface area contributed by atoms with E-state index in [1.54, 1.807) is 12.1 Å². The molecule has 0 unspecified atom stereocenters. The van der Waals surface area contributed by atoms with Crippen molar-refractivity contribution in [3.8, 4) is 11.6 Å². The number of hydrogen-bond donors (Lipinski definition) is 2. The summed E-state index contributed by atoms with van der Waals surface area (Å²) in [4.78, 5) is 4.15. The van der Waals surface area contributed by atoms with Crippen LogP contribution in [0.4, 0.5) is 5.82 Å². The van der Waals surface area contributed by atoms with Crippen molar-refractivity contribution in [3.63, 3.8) is 0 Å². The number of nitrogen functional groups attached to an aromatic ring is 1. The lowest BCUT2D eigenvalue weighted by atomic mass is 10.3. The van der Waals surface area contributed by atoms with E-state index in [2.05, 4.69) is 26.3 Å². The molecule has 0 bridgehead atoms. The summed E-state index contributed by atoms with van der Waals surface area (Å²) >= 11 is 3.40. The lowest BCUT2D eigenvalue weighted by Crippen LogP contribution is -2.08. The first-order valence-corrected chi connectivity index (χ1v) is 5.45. The number of rotatable bonds is 3. The number of anilines is 1. The highest BCUT2D eigenvalue weighted by Gasteiger charge is 2.02. The zero-order valence-corrected chi connectivity index (χ0v) is 9.94. The fraction of sp³-hybridized carbons (Fsp3) is 0. The van der Waals surface area contributed by atoms with Gasteiger partial charge in [-0.05, 0) is 34.1 Å². The summed E-state index contributed by atoms with van der Waals surface area (Å²) in [5, 5.41) is 0. The molecule has 0 saturated carbocycles. The van der Waals surface area contributed by atoms with Gasteiger partial charge < -0.3 is 10.2 Å². The minimum absolute atomic E-state index is 0.488. The van der Waals surface area contributed by atoms with Crippen LogP contribution in [0.3, 0.4) is 0 Å². The first-order chi connectivity index (χ1) is 7.79. The summed E-state index contributed by atoms with van der Waals surface area (Å²) in [6.45, 7) is 0. The molecule has 2 aromatic rings. The second-order valence-corrected chi connectivity index (χ2v) is 3.89. The van der Waals surface area contributed by atoms with Gasteiger partial charge in [0.25, 0.3) is 0 Å². The molecule has 0 spiro atoms. The van der Waals surface area contributed by atoms with Crippen LogP contribution in [0.2, 0.25) is 0 Å². The highest BCUT2D eigenvalue weighted by atomic mass is 79.9. The molecule has 0 amide bonds. The second kappa shape index (κ2) is 4.96. The largest absolute Gasteiger partial charge is 0.438 e. The Morgan fingerprint density at radius 1 is 1.12 bits per heavy atom. The predicted molar refractivity (Wildman–Crippen MR) is 66.3 cm³/mol. The molecule has 0 aliphatic rings. The topological polar surface area (TPSA) is 60.2 Å². The zero-order valence-electron chi connectivity index (χ0n) is 8.35. The third-order valence-electron chi connectivity index (χ3n) is 1.92. The first-order valence-electron chi connectivity index (χ1n) is 4.65. The van der Waals surface area contributed by atoms with Crippen molar-refractivity contribution in [2.24, 2.45) is 5.84 Å². The van der Waals surface area contributed by atoms with Gasteiger partial charge in [0.15, 0.2) is 0 Å². The van der Waals surface area contributed by atoms with Crippen molar-refractivity contribution in [2.45, 2.75) is 0 Å². The van der Waals surface area contributed by atoms with Crippen LogP contribution in [0.1, 0.15) is 0 Å². The molecule has 1 heterocycles. The third-order valence-corrected chi connectivity index (χ3v) is 2.58. The molecular weight excluding hydrogens is 270 g/mol. The smallest absolute Gasteiger partial charge is 0.221 e. The molecule has 2 rings (SSSR count). The molecule has 1 aromatic heterocycles. The van der Waals surface area contributed by atoms with Gasteiger partial charge in [-0.1, -0.05) is 18.2 Å². The number of ether oxygens (including phenoxy) is 1. The number of nitrogens with zero attached hydrogens (tertiary/aromatic N) is 1. The number of hydrogen-bond acceptors (Lipinski definition) is 4. The van der Waals surface area contributed by atoms with Crippen LogP contribution in [-0.2, 0) is 0 Å². The van der Waals surface area contributed by atoms with Crippen LogP contribution in [0.5, 0.6) is 11.6 Å². The molecular formula is C11H10BrN3O. The van der Waals surface area contributed by atoms with E-state index in [0.717, 1.165) is 4.47 Å². The van der Waals surface area contributed by atoms with Gasteiger partial charge in [-0.15, -0.1) is 0 Å². The molecule has 82 valence electrons. The molecule has 0 saturated heterocycles. The van der Waals surface area contributed by atoms with Gasteiger partial charge in [0.2, 0.25) is 5.88 Å². The van der Waals surface area contributed by atoms with Crippen LogP contribution in [-0.4, -0.2) is 4.98 Å². The van der Waals surface area contributed by atoms with E-state index in [1.165, 1.54) is 0 Å². The van der Waals surface area contributed by atoms with E-state index in [-0.39, 0.29) is 0 Å². The fourth-order valence-electron chi connectivity index (χ4n) is 1.19. The van der Waals surface area contributed by atoms with E-state index < -0.39 is 0 Å². The Bertz CT molecular complexity index is 490. The summed E-state index contributed by atoms with van der Waals surface area (Å²) in [5.74, 6) is 7.02. The Labute approximate surface area is 102 Å². The number of halogens is 1. The second-order valence-electron chi connectivity index (χ2n) is 3.04. The fourth-order valence-corrected chi connectivity index (χ4v) is 1.56. The van der Waals surface area contributed by atoms with Gasteiger partial charge in [-0.25, -0.2) is 5.84 Å². The van der Waals surface area contributed by atoms with Crippen LogP contribution in [0.15, 0.2) is 46.9 Å². The molecule has 1 aromatic carbocycles. The Kier molecular flexibility index (Phi) is 3.38. The number of aromatic nitrogens is 1. The van der Waals surface area contributed by atoms with Crippen molar-refractivity contribution >= 4 is 21.7 Å². The third kappa shape index (κ3) is 2.50. The van der Waals surface area contributed by atoms with Crippen LogP contribution in [0, 0.1) is 0 Å². The van der Waals surface area contributed by atoms with Gasteiger partial charge >= 0.3 is 0 Å². The van der Waals surface area contributed by atoms with E-state index in [1.807, 2.05) is 30.3 Å². The Morgan fingerprint density at radius 2 is 1.94 bits per heavy atom. The SMILES string of the molecule is NNc1cccc(Oc2ccccc2Br)n1. The lowest BCUT2D eigenvalue weighted by Gasteiger charge is -2.07. The van der Waals surface area contributed by atoms with Crippen LogP contribution in [0.25, 0.3) is 0 Å². The van der Waals surface area contributed by atoms with Gasteiger partial charge in [0.05, 0.1) is 4.47 Å². The molecule has 0 aliphatic carbocycles. The minimum Gasteiger partial charge on any atom is -0.438 e. The number of para-hydroxylation sites is 1. The lowest BCUT2D eigenvalue weighted by molar-refractivity contribution is 0.461. The maximum Gasteiger partial charge on any atom is 0.221 e. The predicted octanol–water partition coefficient (Wildman–Crippen LogP) is 2.92. The standard InChI is InChI=1S/C11H10BrN3O/c12-8-4-1-2-5-9(8)16-11-7-3-6-10(14-11)15-13/h1-7H,13H2,(H,14,15). The van der Waals surface area contributed by atoms with Crippen molar-refractivity contribution < 1.29 is 4.74 Å². The number of pyridine rings is 1. The molecule has 0 aliphatic heterocycles. The van der Waals surface area contributed by atoms with Crippen molar-refractivity contribution in [2.75, 3.05) is 5.43 Å². The molecule has 4 nitrogen and oxygen atoms in total. The average molecular weight is 280 g/mol. The number of nitrogens with two attached hydrogens (primary N) is 1. The van der Waals surface area contributed by atoms with Gasteiger partial charge in [0.1, 0.15) is 11.6 Å². The molecule has 16 heavy (non-hydrogen) atoms. The van der Waals surface area contributed by atoms with Crippen molar-refractivity contribution in [1.82, 2.24) is 4.98 Å². The summed E-state index contributed by atoms with van der Waals surface area (Å²) in [6.07, 6.45) is 0. The highest BCUT2D eigenvalue weighted by molar-refractivity contribution is 9.10. The van der Waals surface area contributed by atoms with Crippen molar-refractivity contribution in [3.05, 3.63) is 46.9 Å². The van der Waals surface area contributed by atoms with Gasteiger partial charge in [0, 0.05) is 6.07 Å². The number of benzene rings is 1. The summed E-state index contributed by atoms with van der Waals surface area (Å²) in [5.41, 5.74) is 2.46. The number of hydrazine groups is 1. The van der Waals surface area contributed by atoms with Crippen molar-refractivity contribution in [1.29, 1.82) is 0 Å². The first kappa shape index (κ1) is 10.9. The summed E-state index contributed by atoms with van der Waals surface area (Å²) in [6, 6.07) is 12.9. The molecule has 0 fully saturated rings. The normalized spacial score (nSPS) is 9.88. The molecule has 0 atom stereocenters. The van der Waals surface area contributed by atoms with Gasteiger partial charge in [-0.3, -0.25) is 0 Å². The minimum atomic E-state index is 0.488. The van der Waals surface area contributed by atoms with E-state index >= 15 is 0 Å². The quantitative estimate of drug-likeness (QED) is 0.670. The Hall–Kier alpha value is -1.59. The average Bonchev–Trinajstić information content (AvgIpc) is 2.32. The Balaban J connectivity index is 2.24. The summed E-state index contributed by atoms with van der Waals surface area (Å²) < 4.78 is 6.48. The molecule has 0 radical (unpaired) electrons. The Morgan fingerprint density at radius 3 is 2.69 bits per heavy atom.